The van der Waals surface area contributed by atoms with Crippen LogP contribution in [0.25, 0.3) is 0 Å². The molecule has 8 nitrogen and oxygen atoms in total. The maximum absolute atomic E-state index is 10.9. The number of nitrogens with two attached hydrogens (primary N) is 1. The summed E-state index contributed by atoms with van der Waals surface area (Å²) in [5, 5.41) is 9.16. The summed E-state index contributed by atoms with van der Waals surface area (Å²) in [6.45, 7) is -0.647. The monoisotopic (exact) mass is 274 g/mol. The summed E-state index contributed by atoms with van der Waals surface area (Å²) in [6.07, 6.45) is 0. The Labute approximate surface area is 81.0 Å². The van der Waals surface area contributed by atoms with Gasteiger partial charge in [-0.05, 0) is 0 Å². The number of carbonyl (C=O) groups excluding carboxylic acids is 1. The Kier molecular flexibility index (Phi) is 4.64. The van der Waals surface area contributed by atoms with Crippen LogP contribution in [-0.2, 0) is 17.3 Å². The number of hydrogen-bond acceptors (Lipinski definition) is 5. The van der Waals surface area contributed by atoms with Gasteiger partial charge in [0.2, 0.25) is 0 Å². The second-order valence-electron chi connectivity index (χ2n) is 2.47. The summed E-state index contributed by atoms with van der Waals surface area (Å²) in [6, 6.07) is -1.45. The van der Waals surface area contributed by atoms with Gasteiger partial charge < -0.3 is 0 Å². The third-order valence-corrected chi connectivity index (χ3v) is 2.78. The first-order valence-electron chi connectivity index (χ1n) is 3.42. The van der Waals surface area contributed by atoms with Crippen LogP contribution < -0.4 is 11.1 Å². The fourth-order valence-electron chi connectivity index (χ4n) is 0.596. The van der Waals surface area contributed by atoms with Gasteiger partial charge in [0.05, 0.1) is 0 Å². The Bertz CT molecular complexity index is 323. The number of amides is 1. The topological polar surface area (TPSA) is 147 Å². The van der Waals surface area contributed by atoms with Gasteiger partial charge in [0.1, 0.15) is 0 Å². The summed E-state index contributed by atoms with van der Waals surface area (Å²) < 4.78 is 29.1. The molecule has 0 fully saturated rings. The van der Waals surface area contributed by atoms with Crippen LogP contribution in [0.1, 0.15) is 0 Å². The molecule has 1 amide bonds. The Morgan fingerprint density at radius 2 is 1.93 bits per heavy atom. The first-order chi connectivity index (χ1) is 6.22. The maximum atomic E-state index is 10.9. The summed E-state index contributed by atoms with van der Waals surface area (Å²) in [5.41, 5.74) is 5.06. The first-order valence-corrected chi connectivity index (χ1v) is 6.80. The Balaban J connectivity index is 4.07. The van der Waals surface area contributed by atoms with Gasteiger partial charge in [-0.1, -0.05) is 0 Å². The number of carboxylic acids is 1. The molecular formula is C5H10N2O6Se. The van der Waals surface area contributed by atoms with Crippen LogP contribution in [0.3, 0.4) is 0 Å². The van der Waals surface area contributed by atoms with Crippen LogP contribution in [0.4, 0.5) is 0 Å². The molecule has 0 spiro atoms. The van der Waals surface area contributed by atoms with E-state index in [1.165, 1.54) is 0 Å². The fourth-order valence-corrected chi connectivity index (χ4v) is 1.87. The van der Waals surface area contributed by atoms with E-state index in [9.17, 15) is 17.3 Å². The number of rotatable bonds is 5. The summed E-state index contributed by atoms with van der Waals surface area (Å²) >= 11 is -5.04. The van der Waals surface area contributed by atoms with E-state index in [1.807, 2.05) is 5.32 Å². The molecule has 0 aliphatic heterocycles. The third-order valence-electron chi connectivity index (χ3n) is 1.14. The van der Waals surface area contributed by atoms with Gasteiger partial charge in [-0.2, -0.15) is 0 Å². The summed E-state index contributed by atoms with van der Waals surface area (Å²) in [7, 11) is 0. The van der Waals surface area contributed by atoms with Crippen LogP contribution >= 0.6 is 0 Å². The SMILES string of the molecule is NC(C[Se](=O)(=O)O)C(=O)NCC(=O)O. The zero-order valence-electron chi connectivity index (χ0n) is 7.00. The van der Waals surface area contributed by atoms with Gasteiger partial charge in [-0.15, -0.1) is 0 Å². The van der Waals surface area contributed by atoms with E-state index < -0.39 is 42.8 Å². The molecule has 0 aliphatic carbocycles. The number of hydrogen-bond donors (Lipinski definition) is 4. The van der Waals surface area contributed by atoms with Crippen molar-refractivity contribution in [2.45, 2.75) is 11.4 Å². The van der Waals surface area contributed by atoms with Gasteiger partial charge in [0.25, 0.3) is 0 Å². The van der Waals surface area contributed by atoms with Crippen molar-refractivity contribution in [2.75, 3.05) is 6.54 Å². The molecule has 0 bridgehead atoms. The Morgan fingerprint density at radius 1 is 1.43 bits per heavy atom. The minimum absolute atomic E-state index is 0.647. The van der Waals surface area contributed by atoms with E-state index >= 15 is 0 Å². The molecular weight excluding hydrogens is 263 g/mol. The average molecular weight is 273 g/mol. The van der Waals surface area contributed by atoms with Crippen molar-refractivity contribution >= 4 is 24.9 Å². The molecule has 0 aromatic carbocycles. The van der Waals surface area contributed by atoms with Crippen molar-refractivity contribution in [3.05, 3.63) is 0 Å². The van der Waals surface area contributed by atoms with Crippen LogP contribution in [0, 0.1) is 0 Å². The van der Waals surface area contributed by atoms with E-state index in [0.29, 0.717) is 0 Å². The summed E-state index contributed by atoms with van der Waals surface area (Å²) in [5.74, 6) is -2.21. The van der Waals surface area contributed by atoms with Gasteiger partial charge in [0, 0.05) is 0 Å². The average Bonchev–Trinajstić information content (AvgIpc) is 1.96. The molecule has 82 valence electrons. The van der Waals surface area contributed by atoms with Crippen LogP contribution in [0.15, 0.2) is 0 Å². The third kappa shape index (κ3) is 6.49. The fraction of sp³-hybridized carbons (Fsp3) is 0.600. The van der Waals surface area contributed by atoms with Crippen molar-refractivity contribution in [2.24, 2.45) is 5.73 Å². The molecule has 1 atom stereocenters. The number of nitrogens with one attached hydrogen (secondary N) is 1. The molecule has 0 aliphatic rings. The second-order valence-corrected chi connectivity index (χ2v) is 5.61. The first kappa shape index (κ1) is 13.0. The molecule has 0 radical (unpaired) electrons. The van der Waals surface area contributed by atoms with Crippen molar-refractivity contribution < 1.29 is 26.6 Å². The van der Waals surface area contributed by atoms with Gasteiger partial charge in [-0.3, -0.25) is 0 Å². The molecule has 0 rings (SSSR count). The van der Waals surface area contributed by atoms with E-state index in [0.717, 1.165) is 0 Å². The minimum atomic E-state index is -5.04. The predicted octanol–water partition coefficient (Wildman–Crippen LogP) is -2.69. The van der Waals surface area contributed by atoms with E-state index in [-0.39, 0.29) is 0 Å². The molecule has 5 N–H and O–H groups in total. The summed E-state index contributed by atoms with van der Waals surface area (Å²) in [4.78, 5) is 20.9. The number of carbonyl (C=O) groups is 2. The van der Waals surface area contributed by atoms with Crippen molar-refractivity contribution in [1.82, 2.24) is 5.32 Å². The molecule has 0 heterocycles. The molecule has 0 aromatic heterocycles. The molecule has 0 aromatic rings. The predicted molar refractivity (Wildman–Crippen MR) is 42.8 cm³/mol. The number of carboxylic acid groups (broad SMARTS) is 1. The van der Waals surface area contributed by atoms with E-state index in [2.05, 4.69) is 0 Å². The van der Waals surface area contributed by atoms with Crippen molar-refractivity contribution in [3.8, 4) is 0 Å². The normalized spacial score (nSPS) is 13.3. The zero-order valence-corrected chi connectivity index (χ0v) is 8.72. The van der Waals surface area contributed by atoms with Gasteiger partial charge >= 0.3 is 80.4 Å². The van der Waals surface area contributed by atoms with Crippen molar-refractivity contribution in [1.29, 1.82) is 0 Å². The van der Waals surface area contributed by atoms with Crippen LogP contribution in [-0.4, -0.2) is 46.8 Å². The van der Waals surface area contributed by atoms with Crippen LogP contribution in [0.5, 0.6) is 0 Å². The Morgan fingerprint density at radius 3 is 2.29 bits per heavy atom. The molecule has 14 heavy (non-hydrogen) atoms. The standard InChI is InChI=1S/C5H10N2O6Se/c6-3(2-14(11,12)13)5(10)7-1-4(8)9/h3H,1-2,6H2,(H,7,10)(H,8,9)(H,11,12,13). The zero-order chi connectivity index (χ0) is 11.4. The molecule has 0 saturated heterocycles. The quantitative estimate of drug-likeness (QED) is 0.398. The van der Waals surface area contributed by atoms with E-state index in [4.69, 9.17) is 15.0 Å². The molecule has 9 heteroatoms. The van der Waals surface area contributed by atoms with E-state index in [1.54, 1.807) is 0 Å². The molecule has 0 saturated carbocycles. The van der Waals surface area contributed by atoms with Gasteiger partial charge in [-0.25, -0.2) is 0 Å². The van der Waals surface area contributed by atoms with Crippen LogP contribution in [0.2, 0.25) is 5.32 Å². The Hall–Kier alpha value is -1.02. The number of aliphatic carboxylic acids is 1. The van der Waals surface area contributed by atoms with Gasteiger partial charge in [0.15, 0.2) is 0 Å². The van der Waals surface area contributed by atoms with Crippen molar-refractivity contribution in [3.63, 3.8) is 0 Å². The molecule has 1 unspecified atom stereocenters. The second kappa shape index (κ2) is 5.01.